The molecule has 0 saturated heterocycles. The SMILES string of the molecule is C=C(C)c1ccc(-c2cc(F)c(C(F)(F)Oc3ccc(C(F)(F)F)cc3)c(F)c2)c(F)c1. The lowest BCUT2D eigenvalue weighted by atomic mass is 9.99. The number of ether oxygens (including phenoxy) is 1. The molecule has 0 spiro atoms. The Hall–Kier alpha value is -3.36. The highest BCUT2D eigenvalue weighted by atomic mass is 19.4. The normalized spacial score (nSPS) is 12.0. The Morgan fingerprint density at radius 3 is 1.81 bits per heavy atom. The van der Waals surface area contributed by atoms with Gasteiger partial charge in [0.1, 0.15) is 28.8 Å². The van der Waals surface area contributed by atoms with Gasteiger partial charge in [0.15, 0.2) is 0 Å². The molecule has 0 aromatic heterocycles. The highest BCUT2D eigenvalue weighted by Crippen LogP contribution is 2.38. The molecule has 0 radical (unpaired) electrons. The van der Waals surface area contributed by atoms with E-state index in [1.807, 2.05) is 0 Å². The van der Waals surface area contributed by atoms with E-state index in [1.54, 1.807) is 6.92 Å². The van der Waals surface area contributed by atoms with Gasteiger partial charge >= 0.3 is 12.3 Å². The summed E-state index contributed by atoms with van der Waals surface area (Å²) in [5, 5.41) is 0. The lowest BCUT2D eigenvalue weighted by Gasteiger charge is -2.20. The predicted octanol–water partition coefficient (Wildman–Crippen LogP) is 7.95. The third-order valence-corrected chi connectivity index (χ3v) is 4.53. The van der Waals surface area contributed by atoms with Crippen molar-refractivity contribution in [3.05, 3.63) is 95.3 Å². The number of rotatable bonds is 5. The Kier molecular flexibility index (Phi) is 6.04. The van der Waals surface area contributed by atoms with Gasteiger partial charge in [-0.25, -0.2) is 13.2 Å². The molecule has 0 aliphatic carbocycles. The third-order valence-electron chi connectivity index (χ3n) is 4.53. The molecule has 3 aromatic rings. The molecule has 0 atom stereocenters. The van der Waals surface area contributed by atoms with Crippen molar-refractivity contribution in [1.82, 2.24) is 0 Å². The van der Waals surface area contributed by atoms with Crippen molar-refractivity contribution in [1.29, 1.82) is 0 Å². The van der Waals surface area contributed by atoms with Gasteiger partial charge in [-0.15, -0.1) is 0 Å². The van der Waals surface area contributed by atoms with Gasteiger partial charge in [-0.1, -0.05) is 24.3 Å². The largest absolute Gasteiger partial charge is 0.432 e. The fourth-order valence-electron chi connectivity index (χ4n) is 2.93. The van der Waals surface area contributed by atoms with Crippen LogP contribution in [0.25, 0.3) is 16.7 Å². The van der Waals surface area contributed by atoms with Gasteiger partial charge in [0.05, 0.1) is 5.56 Å². The maximum Gasteiger partial charge on any atom is 0.432 e. The standard InChI is InChI=1S/C23H14F8O/c1-12(2)13-3-8-17(18(24)9-13)14-10-19(25)21(20(26)11-14)23(30,31)32-16-6-4-15(5-7-16)22(27,28)29/h3-11H,1H2,2H3. The van der Waals surface area contributed by atoms with E-state index in [4.69, 9.17) is 0 Å². The summed E-state index contributed by atoms with van der Waals surface area (Å²) in [6, 6.07) is 6.96. The van der Waals surface area contributed by atoms with E-state index in [2.05, 4.69) is 11.3 Å². The minimum Gasteiger partial charge on any atom is -0.429 e. The Morgan fingerprint density at radius 1 is 0.781 bits per heavy atom. The molecular weight excluding hydrogens is 444 g/mol. The quantitative estimate of drug-likeness (QED) is 0.353. The Balaban J connectivity index is 1.94. The summed E-state index contributed by atoms with van der Waals surface area (Å²) in [5.74, 6) is -5.03. The van der Waals surface area contributed by atoms with E-state index in [1.165, 1.54) is 12.1 Å². The number of benzene rings is 3. The maximum atomic E-state index is 14.5. The second-order valence-corrected chi connectivity index (χ2v) is 6.93. The molecule has 3 aromatic carbocycles. The molecular formula is C23H14F8O. The van der Waals surface area contributed by atoms with Crippen LogP contribution >= 0.6 is 0 Å². The van der Waals surface area contributed by atoms with E-state index in [0.29, 0.717) is 47.5 Å². The van der Waals surface area contributed by atoms with Crippen LogP contribution in [0.1, 0.15) is 23.6 Å². The molecule has 1 nitrogen and oxygen atoms in total. The summed E-state index contributed by atoms with van der Waals surface area (Å²) in [5.41, 5.74) is -2.45. The molecule has 0 aliphatic heterocycles. The molecule has 0 fully saturated rings. The highest BCUT2D eigenvalue weighted by molar-refractivity contribution is 5.69. The molecule has 32 heavy (non-hydrogen) atoms. The number of hydrogen-bond acceptors (Lipinski definition) is 1. The second-order valence-electron chi connectivity index (χ2n) is 6.93. The lowest BCUT2D eigenvalue weighted by Crippen LogP contribution is -2.25. The van der Waals surface area contributed by atoms with Gasteiger partial charge in [0.25, 0.3) is 0 Å². The van der Waals surface area contributed by atoms with E-state index in [0.717, 1.165) is 6.07 Å². The first-order chi connectivity index (χ1) is 14.8. The Bertz CT molecular complexity index is 1140. The molecule has 0 bridgehead atoms. The molecule has 0 heterocycles. The average molecular weight is 458 g/mol. The molecule has 9 heteroatoms. The fraction of sp³-hybridized carbons (Fsp3) is 0.130. The maximum absolute atomic E-state index is 14.5. The summed E-state index contributed by atoms with van der Waals surface area (Å²) in [4.78, 5) is 0. The van der Waals surface area contributed by atoms with Crippen LogP contribution in [0.5, 0.6) is 5.75 Å². The van der Waals surface area contributed by atoms with Crippen molar-refractivity contribution >= 4 is 5.57 Å². The van der Waals surface area contributed by atoms with Crippen molar-refractivity contribution < 1.29 is 39.9 Å². The summed E-state index contributed by atoms with van der Waals surface area (Å²) < 4.78 is 114. The zero-order valence-electron chi connectivity index (χ0n) is 16.3. The van der Waals surface area contributed by atoms with Crippen LogP contribution in [0, 0.1) is 17.5 Å². The zero-order valence-corrected chi connectivity index (χ0v) is 16.3. The van der Waals surface area contributed by atoms with Gasteiger partial charge in [0.2, 0.25) is 0 Å². The average Bonchev–Trinajstić information content (AvgIpc) is 2.66. The zero-order chi connectivity index (χ0) is 23.8. The summed E-state index contributed by atoms with van der Waals surface area (Å²) in [6.07, 6.45) is -9.26. The number of hydrogen-bond donors (Lipinski definition) is 0. The molecule has 3 rings (SSSR count). The highest BCUT2D eigenvalue weighted by Gasteiger charge is 2.41. The van der Waals surface area contributed by atoms with Crippen LogP contribution in [-0.4, -0.2) is 0 Å². The van der Waals surface area contributed by atoms with Crippen LogP contribution in [0.4, 0.5) is 35.1 Å². The first-order valence-corrected chi connectivity index (χ1v) is 8.99. The molecule has 0 saturated carbocycles. The van der Waals surface area contributed by atoms with E-state index >= 15 is 0 Å². The van der Waals surface area contributed by atoms with Gasteiger partial charge in [-0.2, -0.15) is 22.0 Å². The van der Waals surface area contributed by atoms with Gasteiger partial charge < -0.3 is 4.74 Å². The summed E-state index contributed by atoms with van der Waals surface area (Å²) >= 11 is 0. The number of alkyl halides is 5. The Morgan fingerprint density at radius 2 is 1.34 bits per heavy atom. The first kappa shape index (κ1) is 23.3. The lowest BCUT2D eigenvalue weighted by molar-refractivity contribution is -0.189. The first-order valence-electron chi connectivity index (χ1n) is 8.99. The van der Waals surface area contributed by atoms with E-state index in [-0.39, 0.29) is 11.1 Å². The molecule has 0 N–H and O–H groups in total. The molecule has 0 unspecified atom stereocenters. The molecule has 168 valence electrons. The number of allylic oxidation sites excluding steroid dienone is 1. The van der Waals surface area contributed by atoms with Crippen molar-refractivity contribution in [2.75, 3.05) is 0 Å². The van der Waals surface area contributed by atoms with Crippen LogP contribution in [0.15, 0.2) is 61.2 Å². The van der Waals surface area contributed by atoms with Crippen molar-refractivity contribution in [2.45, 2.75) is 19.2 Å². The van der Waals surface area contributed by atoms with Crippen LogP contribution in [0.2, 0.25) is 0 Å². The van der Waals surface area contributed by atoms with Gasteiger partial charge in [-0.3, -0.25) is 0 Å². The summed E-state index contributed by atoms with van der Waals surface area (Å²) in [7, 11) is 0. The second kappa shape index (κ2) is 8.29. The third kappa shape index (κ3) is 4.76. The van der Waals surface area contributed by atoms with Crippen molar-refractivity contribution in [3.8, 4) is 16.9 Å². The fourth-order valence-corrected chi connectivity index (χ4v) is 2.93. The predicted molar refractivity (Wildman–Crippen MR) is 102 cm³/mol. The van der Waals surface area contributed by atoms with Gasteiger partial charge in [-0.05, 0) is 60.5 Å². The van der Waals surface area contributed by atoms with E-state index < -0.39 is 46.6 Å². The van der Waals surface area contributed by atoms with Crippen LogP contribution < -0.4 is 4.74 Å². The monoisotopic (exact) mass is 458 g/mol. The Labute approximate surface area is 177 Å². The van der Waals surface area contributed by atoms with Crippen LogP contribution in [-0.2, 0) is 12.3 Å². The minimum atomic E-state index is -4.70. The molecule has 0 aliphatic rings. The van der Waals surface area contributed by atoms with E-state index in [9.17, 15) is 35.1 Å². The molecule has 0 amide bonds. The van der Waals surface area contributed by atoms with Crippen LogP contribution in [0.3, 0.4) is 0 Å². The number of halogens is 8. The van der Waals surface area contributed by atoms with Gasteiger partial charge in [0, 0.05) is 5.56 Å². The van der Waals surface area contributed by atoms with Crippen molar-refractivity contribution in [2.24, 2.45) is 0 Å². The minimum absolute atomic E-state index is 0.230. The smallest absolute Gasteiger partial charge is 0.429 e. The van der Waals surface area contributed by atoms with Crippen molar-refractivity contribution in [3.63, 3.8) is 0 Å². The summed E-state index contributed by atoms with van der Waals surface area (Å²) in [6.45, 7) is 5.27. The topological polar surface area (TPSA) is 9.23 Å².